The third-order valence-electron chi connectivity index (χ3n) is 4.37. The molecule has 0 unspecified atom stereocenters. The standard InChI is InChI=1S/C17H21FN4/c1-12-13(2)19-11-20-17(12)21-14-7-9-22(10-8-14)16-6-4-3-5-15(16)18/h3-6,11,14H,7-10H2,1-2H3,(H,19,20,21). The van der Waals surface area contributed by atoms with Gasteiger partial charge in [-0.1, -0.05) is 12.1 Å². The van der Waals surface area contributed by atoms with Crippen LogP contribution >= 0.6 is 0 Å². The van der Waals surface area contributed by atoms with Crippen molar-refractivity contribution in [3.05, 3.63) is 47.7 Å². The number of halogens is 1. The van der Waals surface area contributed by atoms with Gasteiger partial charge in [-0.25, -0.2) is 14.4 Å². The molecule has 0 spiro atoms. The van der Waals surface area contributed by atoms with Gasteiger partial charge in [0.25, 0.3) is 0 Å². The molecule has 1 aromatic heterocycles. The molecule has 1 aliphatic heterocycles. The molecular formula is C17H21FN4. The third kappa shape index (κ3) is 3.03. The maximum absolute atomic E-state index is 13.8. The van der Waals surface area contributed by atoms with Crippen LogP contribution in [0.25, 0.3) is 0 Å². The van der Waals surface area contributed by atoms with Crippen molar-refractivity contribution < 1.29 is 4.39 Å². The first kappa shape index (κ1) is 14.8. The van der Waals surface area contributed by atoms with Gasteiger partial charge in [-0.3, -0.25) is 0 Å². The van der Waals surface area contributed by atoms with E-state index in [0.29, 0.717) is 11.7 Å². The second-order valence-electron chi connectivity index (χ2n) is 5.79. The highest BCUT2D eigenvalue weighted by atomic mass is 19.1. The number of benzene rings is 1. The van der Waals surface area contributed by atoms with E-state index in [1.807, 2.05) is 26.0 Å². The van der Waals surface area contributed by atoms with Gasteiger partial charge in [0.2, 0.25) is 0 Å². The van der Waals surface area contributed by atoms with E-state index >= 15 is 0 Å². The van der Waals surface area contributed by atoms with Crippen molar-refractivity contribution in [1.82, 2.24) is 9.97 Å². The zero-order valence-electron chi connectivity index (χ0n) is 13.0. The molecule has 1 N–H and O–H groups in total. The molecule has 0 aliphatic carbocycles. The average Bonchev–Trinajstić information content (AvgIpc) is 2.53. The van der Waals surface area contributed by atoms with E-state index in [0.717, 1.165) is 43.0 Å². The molecule has 22 heavy (non-hydrogen) atoms. The van der Waals surface area contributed by atoms with Crippen molar-refractivity contribution >= 4 is 11.5 Å². The van der Waals surface area contributed by atoms with Gasteiger partial charge in [0.05, 0.1) is 5.69 Å². The number of hydrogen-bond acceptors (Lipinski definition) is 4. The summed E-state index contributed by atoms with van der Waals surface area (Å²) >= 11 is 0. The van der Waals surface area contributed by atoms with Gasteiger partial charge >= 0.3 is 0 Å². The second kappa shape index (κ2) is 6.30. The van der Waals surface area contributed by atoms with Crippen molar-refractivity contribution in [2.24, 2.45) is 0 Å². The van der Waals surface area contributed by atoms with Crippen molar-refractivity contribution in [2.75, 3.05) is 23.3 Å². The second-order valence-corrected chi connectivity index (χ2v) is 5.79. The molecule has 116 valence electrons. The Bertz CT molecular complexity index is 651. The Balaban J connectivity index is 1.63. The van der Waals surface area contributed by atoms with Crippen LogP contribution in [0.1, 0.15) is 24.1 Å². The lowest BCUT2D eigenvalue weighted by Gasteiger charge is -2.34. The number of hydrogen-bond donors (Lipinski definition) is 1. The smallest absolute Gasteiger partial charge is 0.146 e. The molecule has 1 fully saturated rings. The van der Waals surface area contributed by atoms with Gasteiger partial charge in [-0.2, -0.15) is 0 Å². The molecule has 2 heterocycles. The molecule has 2 aromatic rings. The van der Waals surface area contributed by atoms with E-state index in [1.165, 1.54) is 6.07 Å². The summed E-state index contributed by atoms with van der Waals surface area (Å²) in [6.45, 7) is 5.72. The number of piperidine rings is 1. The lowest BCUT2D eigenvalue weighted by Crippen LogP contribution is -2.39. The topological polar surface area (TPSA) is 41.1 Å². The molecule has 0 amide bonds. The summed E-state index contributed by atoms with van der Waals surface area (Å²) in [7, 11) is 0. The maximum atomic E-state index is 13.8. The Hall–Kier alpha value is -2.17. The van der Waals surface area contributed by atoms with E-state index in [1.54, 1.807) is 12.4 Å². The first-order valence-electron chi connectivity index (χ1n) is 7.69. The van der Waals surface area contributed by atoms with Crippen LogP contribution in [-0.2, 0) is 0 Å². The maximum Gasteiger partial charge on any atom is 0.146 e. The van der Waals surface area contributed by atoms with Gasteiger partial charge in [0, 0.05) is 30.4 Å². The fourth-order valence-electron chi connectivity index (χ4n) is 2.85. The summed E-state index contributed by atoms with van der Waals surface area (Å²) in [6, 6.07) is 7.35. The van der Waals surface area contributed by atoms with Crippen LogP contribution in [0, 0.1) is 19.7 Å². The van der Waals surface area contributed by atoms with Crippen molar-refractivity contribution in [3.63, 3.8) is 0 Å². The van der Waals surface area contributed by atoms with E-state index < -0.39 is 0 Å². The minimum Gasteiger partial charge on any atom is -0.369 e. The van der Waals surface area contributed by atoms with Crippen LogP contribution < -0.4 is 10.2 Å². The van der Waals surface area contributed by atoms with Crippen molar-refractivity contribution in [3.8, 4) is 0 Å². The third-order valence-corrected chi connectivity index (χ3v) is 4.37. The predicted octanol–water partition coefficient (Wildman–Crippen LogP) is 3.31. The Morgan fingerprint density at radius 3 is 2.59 bits per heavy atom. The summed E-state index contributed by atoms with van der Waals surface area (Å²) in [5.74, 6) is 0.771. The molecule has 0 radical (unpaired) electrons. The number of anilines is 2. The molecule has 1 aliphatic rings. The highest BCUT2D eigenvalue weighted by Gasteiger charge is 2.21. The summed E-state index contributed by atoms with van der Waals surface area (Å²) < 4.78 is 13.8. The zero-order valence-corrected chi connectivity index (χ0v) is 13.0. The summed E-state index contributed by atoms with van der Waals surface area (Å²) in [5, 5.41) is 3.51. The molecule has 0 bridgehead atoms. The molecule has 0 atom stereocenters. The van der Waals surface area contributed by atoms with Crippen molar-refractivity contribution in [2.45, 2.75) is 32.7 Å². The van der Waals surface area contributed by atoms with Gasteiger partial charge < -0.3 is 10.2 Å². The lowest BCUT2D eigenvalue weighted by atomic mass is 10.0. The number of nitrogens with one attached hydrogen (secondary N) is 1. The van der Waals surface area contributed by atoms with Crippen molar-refractivity contribution in [1.29, 1.82) is 0 Å². The van der Waals surface area contributed by atoms with E-state index in [9.17, 15) is 4.39 Å². The van der Waals surface area contributed by atoms with Crippen LogP contribution in [0.3, 0.4) is 0 Å². The highest BCUT2D eigenvalue weighted by molar-refractivity contribution is 5.49. The quantitative estimate of drug-likeness (QED) is 0.944. The molecule has 5 heteroatoms. The number of aromatic nitrogens is 2. The minimum atomic E-state index is -0.142. The fraction of sp³-hybridized carbons (Fsp3) is 0.412. The fourth-order valence-corrected chi connectivity index (χ4v) is 2.85. The lowest BCUT2D eigenvalue weighted by molar-refractivity contribution is 0.515. The Labute approximate surface area is 130 Å². The number of rotatable bonds is 3. The summed E-state index contributed by atoms with van der Waals surface area (Å²) in [5.41, 5.74) is 2.80. The number of aryl methyl sites for hydroxylation is 1. The molecule has 1 aromatic carbocycles. The highest BCUT2D eigenvalue weighted by Crippen LogP contribution is 2.24. The van der Waals surface area contributed by atoms with Crippen LogP contribution in [0.4, 0.5) is 15.9 Å². The van der Waals surface area contributed by atoms with Crippen LogP contribution in [0.2, 0.25) is 0 Å². The first-order valence-corrected chi connectivity index (χ1v) is 7.69. The molecule has 1 saturated heterocycles. The van der Waals surface area contributed by atoms with E-state index in [4.69, 9.17) is 0 Å². The van der Waals surface area contributed by atoms with Gasteiger partial charge in [0.15, 0.2) is 0 Å². The number of para-hydroxylation sites is 1. The summed E-state index contributed by atoms with van der Waals surface area (Å²) in [6.07, 6.45) is 3.53. The molecule has 4 nitrogen and oxygen atoms in total. The SMILES string of the molecule is Cc1ncnc(NC2CCN(c3ccccc3F)CC2)c1C. The largest absolute Gasteiger partial charge is 0.369 e. The molecular weight excluding hydrogens is 279 g/mol. The molecule has 0 saturated carbocycles. The first-order chi connectivity index (χ1) is 10.6. The monoisotopic (exact) mass is 300 g/mol. The zero-order chi connectivity index (χ0) is 15.5. The normalized spacial score (nSPS) is 15.9. The van der Waals surface area contributed by atoms with E-state index in [-0.39, 0.29) is 5.82 Å². The summed E-state index contributed by atoms with van der Waals surface area (Å²) in [4.78, 5) is 10.6. The van der Waals surface area contributed by atoms with Gasteiger partial charge in [0.1, 0.15) is 18.0 Å². The van der Waals surface area contributed by atoms with Gasteiger partial charge in [-0.15, -0.1) is 0 Å². The molecule has 3 rings (SSSR count). The Kier molecular flexibility index (Phi) is 4.22. The Morgan fingerprint density at radius 1 is 1.14 bits per heavy atom. The predicted molar refractivity (Wildman–Crippen MR) is 86.8 cm³/mol. The van der Waals surface area contributed by atoms with Crippen LogP contribution in [0.15, 0.2) is 30.6 Å². The van der Waals surface area contributed by atoms with Crippen LogP contribution in [-0.4, -0.2) is 29.1 Å². The van der Waals surface area contributed by atoms with Gasteiger partial charge in [-0.05, 0) is 38.8 Å². The van der Waals surface area contributed by atoms with Crippen LogP contribution in [0.5, 0.6) is 0 Å². The average molecular weight is 300 g/mol. The van der Waals surface area contributed by atoms with E-state index in [2.05, 4.69) is 20.2 Å². The minimum absolute atomic E-state index is 0.142. The number of nitrogens with zero attached hydrogens (tertiary/aromatic N) is 3. The Morgan fingerprint density at radius 2 is 1.86 bits per heavy atom.